The van der Waals surface area contributed by atoms with Crippen LogP contribution in [-0.4, -0.2) is 41.8 Å². The van der Waals surface area contributed by atoms with E-state index in [9.17, 15) is 13.6 Å². The van der Waals surface area contributed by atoms with Gasteiger partial charge in [0.05, 0.1) is 30.7 Å². The Hall–Kier alpha value is -2.77. The number of nitrogens with zero attached hydrogens (tertiary/aromatic N) is 3. The highest BCUT2D eigenvalue weighted by Crippen LogP contribution is 2.30. The van der Waals surface area contributed by atoms with Gasteiger partial charge in [0.1, 0.15) is 5.82 Å². The number of benzene rings is 1. The van der Waals surface area contributed by atoms with Crippen molar-refractivity contribution in [2.75, 3.05) is 24.6 Å². The fourth-order valence-electron chi connectivity index (χ4n) is 3.10. The zero-order chi connectivity index (χ0) is 20.1. The van der Waals surface area contributed by atoms with Gasteiger partial charge in [0.15, 0.2) is 0 Å². The highest BCUT2D eigenvalue weighted by Gasteiger charge is 2.26. The number of hydrogen-bond donors (Lipinski definition) is 1. The molecule has 1 fully saturated rings. The second-order valence-electron chi connectivity index (χ2n) is 7.22. The van der Waals surface area contributed by atoms with Crippen molar-refractivity contribution >= 4 is 11.9 Å². The van der Waals surface area contributed by atoms with Crippen LogP contribution in [0, 0.1) is 5.92 Å². The van der Waals surface area contributed by atoms with E-state index in [0.29, 0.717) is 36.8 Å². The van der Waals surface area contributed by atoms with Crippen molar-refractivity contribution in [1.82, 2.24) is 15.3 Å². The molecule has 1 saturated heterocycles. The van der Waals surface area contributed by atoms with Gasteiger partial charge in [0, 0.05) is 25.6 Å². The number of hydrogen-bond acceptors (Lipinski definition) is 5. The van der Waals surface area contributed by atoms with Crippen LogP contribution in [0.4, 0.5) is 19.4 Å². The van der Waals surface area contributed by atoms with Crippen LogP contribution in [0.25, 0.3) is 11.3 Å². The van der Waals surface area contributed by atoms with Gasteiger partial charge in [0.2, 0.25) is 0 Å². The number of nitrogens with one attached hydrogen (secondary N) is 1. The smallest absolute Gasteiger partial charge is 0.407 e. The third kappa shape index (κ3) is 4.94. The van der Waals surface area contributed by atoms with Gasteiger partial charge in [-0.05, 0) is 12.3 Å². The average molecular weight is 392 g/mol. The zero-order valence-corrected chi connectivity index (χ0v) is 15.9. The van der Waals surface area contributed by atoms with Gasteiger partial charge < -0.3 is 15.0 Å². The number of amides is 1. The van der Waals surface area contributed by atoms with Crippen molar-refractivity contribution < 1.29 is 19.7 Å². The lowest BCUT2D eigenvalue weighted by Crippen LogP contribution is -2.38. The van der Waals surface area contributed by atoms with Crippen LogP contribution in [0.2, 0.25) is 0 Å². The Morgan fingerprint density at radius 2 is 2.14 bits per heavy atom. The van der Waals surface area contributed by atoms with Gasteiger partial charge >= 0.3 is 6.09 Å². The van der Waals surface area contributed by atoms with Crippen LogP contribution in [0.5, 0.6) is 0 Å². The predicted molar refractivity (Wildman–Crippen MR) is 104 cm³/mol. The minimum absolute atomic E-state index is 0. The number of anilines is 1. The van der Waals surface area contributed by atoms with Crippen LogP contribution in [0.3, 0.4) is 0 Å². The summed E-state index contributed by atoms with van der Waals surface area (Å²) in [4.78, 5) is 22.5. The van der Waals surface area contributed by atoms with E-state index in [4.69, 9.17) is 4.74 Å². The SMILES string of the molecule is CC(C)COC(=O)N[C@H]1CCN(c2cncc(-c3ccccc3C(F)F)n2)C1.[HH]. The zero-order valence-electron chi connectivity index (χ0n) is 15.9. The second-order valence-corrected chi connectivity index (χ2v) is 7.22. The molecule has 0 saturated carbocycles. The van der Waals surface area contributed by atoms with E-state index >= 15 is 0 Å². The molecule has 1 aromatic heterocycles. The molecule has 1 aliphatic rings. The van der Waals surface area contributed by atoms with Gasteiger partial charge in [-0.15, -0.1) is 0 Å². The van der Waals surface area contributed by atoms with Crippen molar-refractivity contribution in [2.45, 2.75) is 32.7 Å². The standard InChI is InChI=1S/C20H24F2N4O2.H2/c1-13(2)12-28-20(27)24-14-7-8-26(11-14)18-10-23-9-17(25-18)15-5-3-4-6-16(15)19(21)22;/h3-6,9-10,13-14,19H,7-8,11-12H2,1-2H3,(H,24,27);1H/t14-;/m0./s1. The number of ether oxygens (including phenoxy) is 1. The summed E-state index contributed by atoms with van der Waals surface area (Å²) in [6.45, 7) is 5.57. The Morgan fingerprint density at radius 3 is 2.89 bits per heavy atom. The third-order valence-corrected chi connectivity index (χ3v) is 4.48. The van der Waals surface area contributed by atoms with Crippen LogP contribution >= 0.6 is 0 Å². The fraction of sp³-hybridized carbons (Fsp3) is 0.450. The molecule has 2 aromatic rings. The van der Waals surface area contributed by atoms with Gasteiger partial charge in [-0.1, -0.05) is 38.1 Å². The number of aromatic nitrogens is 2. The van der Waals surface area contributed by atoms with Gasteiger partial charge in [0.25, 0.3) is 6.43 Å². The minimum atomic E-state index is -2.58. The van der Waals surface area contributed by atoms with Crippen molar-refractivity contribution in [1.29, 1.82) is 0 Å². The quantitative estimate of drug-likeness (QED) is 0.794. The van der Waals surface area contributed by atoms with E-state index in [1.54, 1.807) is 24.4 Å². The van der Waals surface area contributed by atoms with Gasteiger partial charge in [-0.3, -0.25) is 4.98 Å². The van der Waals surface area contributed by atoms with E-state index in [2.05, 4.69) is 15.3 Å². The summed E-state index contributed by atoms with van der Waals surface area (Å²) in [6.07, 6.45) is 0.828. The molecule has 28 heavy (non-hydrogen) atoms. The molecule has 0 unspecified atom stereocenters. The first-order valence-corrected chi connectivity index (χ1v) is 9.31. The molecule has 1 aromatic carbocycles. The third-order valence-electron chi connectivity index (χ3n) is 4.48. The number of rotatable bonds is 6. The summed E-state index contributed by atoms with van der Waals surface area (Å²) in [5, 5.41) is 2.85. The summed E-state index contributed by atoms with van der Waals surface area (Å²) in [6, 6.07) is 6.24. The van der Waals surface area contributed by atoms with E-state index in [1.807, 2.05) is 18.7 Å². The Labute approximate surface area is 164 Å². The molecule has 0 radical (unpaired) electrons. The molecule has 6 nitrogen and oxygen atoms in total. The van der Waals surface area contributed by atoms with Crippen molar-refractivity contribution in [2.24, 2.45) is 5.92 Å². The normalized spacial score (nSPS) is 16.6. The van der Waals surface area contributed by atoms with Crippen molar-refractivity contribution in [3.63, 3.8) is 0 Å². The molecule has 8 heteroatoms. The Morgan fingerprint density at radius 1 is 1.36 bits per heavy atom. The lowest BCUT2D eigenvalue weighted by Gasteiger charge is -2.19. The number of carbonyl (C=O) groups is 1. The number of alkyl carbamates (subject to hydrolysis) is 1. The number of alkyl halides is 2. The van der Waals surface area contributed by atoms with Gasteiger partial charge in [-0.2, -0.15) is 0 Å². The first-order chi connectivity index (χ1) is 13.4. The number of carbonyl (C=O) groups excluding carboxylic acids is 1. The fourth-order valence-corrected chi connectivity index (χ4v) is 3.10. The van der Waals surface area contributed by atoms with Crippen molar-refractivity contribution in [3.8, 4) is 11.3 Å². The highest BCUT2D eigenvalue weighted by atomic mass is 19.3. The highest BCUT2D eigenvalue weighted by molar-refractivity contribution is 5.68. The van der Waals surface area contributed by atoms with Crippen LogP contribution in [0.1, 0.15) is 33.7 Å². The Balaban J connectivity index is 0.00000300. The molecule has 1 amide bonds. The summed E-state index contributed by atoms with van der Waals surface area (Å²) >= 11 is 0. The molecule has 0 bridgehead atoms. The van der Waals surface area contributed by atoms with Crippen LogP contribution < -0.4 is 10.2 Å². The summed E-state index contributed by atoms with van der Waals surface area (Å²) < 4.78 is 31.7. The molecule has 2 heterocycles. The lowest BCUT2D eigenvalue weighted by atomic mass is 10.1. The van der Waals surface area contributed by atoms with E-state index < -0.39 is 12.5 Å². The maximum Gasteiger partial charge on any atom is 0.407 e. The summed E-state index contributed by atoms with van der Waals surface area (Å²) in [5.41, 5.74) is 0.710. The monoisotopic (exact) mass is 392 g/mol. The molecular weight excluding hydrogens is 366 g/mol. The topological polar surface area (TPSA) is 67.3 Å². The number of halogens is 2. The average Bonchev–Trinajstić information content (AvgIpc) is 3.15. The Kier molecular flexibility index (Phi) is 6.38. The molecule has 1 atom stereocenters. The minimum Gasteiger partial charge on any atom is -0.449 e. The molecule has 1 N–H and O–H groups in total. The first kappa shape index (κ1) is 20.0. The maximum atomic E-state index is 13.3. The molecule has 1 aliphatic heterocycles. The lowest BCUT2D eigenvalue weighted by molar-refractivity contribution is 0.130. The molecule has 3 rings (SSSR count). The molecule has 0 spiro atoms. The summed E-state index contributed by atoms with van der Waals surface area (Å²) in [7, 11) is 0. The van der Waals surface area contributed by atoms with Gasteiger partial charge in [-0.25, -0.2) is 18.6 Å². The predicted octanol–water partition coefficient (Wildman–Crippen LogP) is 4.29. The van der Waals surface area contributed by atoms with E-state index in [0.717, 1.165) is 6.42 Å². The summed E-state index contributed by atoms with van der Waals surface area (Å²) in [5.74, 6) is 0.876. The van der Waals surface area contributed by atoms with Crippen molar-refractivity contribution in [3.05, 3.63) is 42.2 Å². The molecule has 152 valence electrons. The van der Waals surface area contributed by atoms with Crippen LogP contribution in [-0.2, 0) is 4.74 Å². The molecule has 0 aliphatic carbocycles. The largest absolute Gasteiger partial charge is 0.449 e. The molecular formula is C20H26F2N4O2. The van der Waals surface area contributed by atoms with E-state index in [1.165, 1.54) is 12.3 Å². The van der Waals surface area contributed by atoms with Crippen LogP contribution in [0.15, 0.2) is 36.7 Å². The Bertz CT molecular complexity index is 823. The van der Waals surface area contributed by atoms with E-state index in [-0.39, 0.29) is 18.9 Å². The second kappa shape index (κ2) is 8.95. The first-order valence-electron chi connectivity index (χ1n) is 9.31. The maximum absolute atomic E-state index is 13.3.